The predicted octanol–water partition coefficient (Wildman–Crippen LogP) is 3.24. The maximum Gasteiger partial charge on any atom is 0.119 e. The van der Waals surface area contributed by atoms with Gasteiger partial charge in [-0.1, -0.05) is 0 Å². The van der Waals surface area contributed by atoms with E-state index in [1.54, 1.807) is 0 Å². The van der Waals surface area contributed by atoms with Crippen molar-refractivity contribution >= 4 is 0 Å². The molecule has 110 valence electrons. The molecular formula is C17H25NO2. The summed E-state index contributed by atoms with van der Waals surface area (Å²) in [7, 11) is 0. The molecule has 2 fully saturated rings. The van der Waals surface area contributed by atoms with E-state index in [9.17, 15) is 0 Å². The first-order valence-electron chi connectivity index (χ1n) is 7.96. The topological polar surface area (TPSA) is 30.5 Å². The van der Waals surface area contributed by atoms with Crippen molar-refractivity contribution in [3.05, 3.63) is 24.3 Å². The Morgan fingerprint density at radius 1 is 1.00 bits per heavy atom. The van der Waals surface area contributed by atoms with Crippen molar-refractivity contribution in [3.8, 4) is 11.5 Å². The van der Waals surface area contributed by atoms with Crippen LogP contribution < -0.4 is 14.8 Å². The van der Waals surface area contributed by atoms with Crippen LogP contribution in [0.1, 0.15) is 32.6 Å². The molecule has 2 saturated carbocycles. The zero-order chi connectivity index (χ0) is 13.8. The van der Waals surface area contributed by atoms with Gasteiger partial charge < -0.3 is 14.8 Å². The van der Waals surface area contributed by atoms with Gasteiger partial charge in [-0.15, -0.1) is 0 Å². The molecule has 0 heterocycles. The van der Waals surface area contributed by atoms with Gasteiger partial charge in [0.15, 0.2) is 0 Å². The summed E-state index contributed by atoms with van der Waals surface area (Å²) in [6.45, 7) is 4.38. The van der Waals surface area contributed by atoms with E-state index in [2.05, 4.69) is 5.32 Å². The Labute approximate surface area is 121 Å². The van der Waals surface area contributed by atoms with Crippen molar-refractivity contribution in [2.45, 2.75) is 38.6 Å². The van der Waals surface area contributed by atoms with Crippen molar-refractivity contribution in [1.29, 1.82) is 0 Å². The minimum absolute atomic E-state index is 0.702. The van der Waals surface area contributed by atoms with Gasteiger partial charge in [-0.05, 0) is 68.7 Å². The van der Waals surface area contributed by atoms with Gasteiger partial charge >= 0.3 is 0 Å². The Morgan fingerprint density at radius 2 is 1.55 bits per heavy atom. The molecule has 0 radical (unpaired) electrons. The quantitative estimate of drug-likeness (QED) is 0.702. The molecular weight excluding hydrogens is 250 g/mol. The summed E-state index contributed by atoms with van der Waals surface area (Å²) >= 11 is 0. The molecule has 3 rings (SSSR count). The highest BCUT2D eigenvalue weighted by molar-refractivity contribution is 5.31. The van der Waals surface area contributed by atoms with Crippen LogP contribution in [-0.4, -0.2) is 25.8 Å². The Bertz CT molecular complexity index is 398. The van der Waals surface area contributed by atoms with Crippen LogP contribution in [0, 0.1) is 11.8 Å². The van der Waals surface area contributed by atoms with E-state index < -0.39 is 0 Å². The molecule has 3 heteroatoms. The fraction of sp³-hybridized carbons (Fsp3) is 0.647. The van der Waals surface area contributed by atoms with Gasteiger partial charge in [0.1, 0.15) is 18.1 Å². The van der Waals surface area contributed by atoms with E-state index in [1.165, 1.54) is 25.7 Å². The SMILES string of the molecule is CCOc1ccc(OCCNC(C2CC2)C2CC2)cc1. The van der Waals surface area contributed by atoms with E-state index >= 15 is 0 Å². The molecule has 0 amide bonds. The number of hydrogen-bond acceptors (Lipinski definition) is 3. The third kappa shape index (κ3) is 3.89. The summed E-state index contributed by atoms with van der Waals surface area (Å²) in [5.74, 6) is 3.73. The Morgan fingerprint density at radius 3 is 2.05 bits per heavy atom. The molecule has 3 nitrogen and oxygen atoms in total. The maximum absolute atomic E-state index is 5.77. The lowest BCUT2D eigenvalue weighted by Gasteiger charge is -2.17. The first-order chi connectivity index (χ1) is 9.86. The standard InChI is InChI=1S/C17H25NO2/c1-2-19-15-7-9-16(10-8-15)20-12-11-18-17(13-3-4-13)14-5-6-14/h7-10,13-14,17-18H,2-6,11-12H2,1H3. The number of benzene rings is 1. The van der Waals surface area contributed by atoms with Crippen LogP contribution in [0.3, 0.4) is 0 Å². The van der Waals surface area contributed by atoms with Crippen molar-refractivity contribution in [3.63, 3.8) is 0 Å². The van der Waals surface area contributed by atoms with Crippen LogP contribution in [0.2, 0.25) is 0 Å². The minimum Gasteiger partial charge on any atom is -0.494 e. The van der Waals surface area contributed by atoms with Gasteiger partial charge in [-0.2, -0.15) is 0 Å². The third-order valence-electron chi connectivity index (χ3n) is 4.15. The van der Waals surface area contributed by atoms with Crippen LogP contribution in [0.4, 0.5) is 0 Å². The number of rotatable bonds is 9. The Kier molecular flexibility index (Phi) is 4.46. The largest absolute Gasteiger partial charge is 0.494 e. The van der Waals surface area contributed by atoms with Crippen molar-refractivity contribution in [2.75, 3.05) is 19.8 Å². The van der Waals surface area contributed by atoms with E-state index in [0.717, 1.165) is 42.5 Å². The van der Waals surface area contributed by atoms with E-state index in [4.69, 9.17) is 9.47 Å². The second-order valence-corrected chi connectivity index (χ2v) is 5.91. The zero-order valence-corrected chi connectivity index (χ0v) is 12.3. The Hall–Kier alpha value is -1.22. The van der Waals surface area contributed by atoms with E-state index in [1.807, 2.05) is 31.2 Å². The van der Waals surface area contributed by atoms with Crippen molar-refractivity contribution in [1.82, 2.24) is 5.32 Å². The first-order valence-corrected chi connectivity index (χ1v) is 7.96. The Balaban J connectivity index is 1.36. The fourth-order valence-electron chi connectivity index (χ4n) is 2.82. The molecule has 0 aromatic heterocycles. The summed E-state index contributed by atoms with van der Waals surface area (Å²) in [4.78, 5) is 0. The molecule has 0 saturated heterocycles. The minimum atomic E-state index is 0.702. The molecule has 0 aliphatic heterocycles. The highest BCUT2D eigenvalue weighted by Gasteiger charge is 2.40. The monoisotopic (exact) mass is 275 g/mol. The number of hydrogen-bond donors (Lipinski definition) is 1. The molecule has 1 N–H and O–H groups in total. The van der Waals surface area contributed by atoms with Gasteiger partial charge in [-0.3, -0.25) is 0 Å². The maximum atomic E-state index is 5.77. The van der Waals surface area contributed by atoms with Gasteiger partial charge in [0.25, 0.3) is 0 Å². The molecule has 0 spiro atoms. The van der Waals surface area contributed by atoms with Crippen molar-refractivity contribution < 1.29 is 9.47 Å². The normalized spacial score (nSPS) is 18.3. The number of ether oxygens (including phenoxy) is 2. The second-order valence-electron chi connectivity index (χ2n) is 5.91. The van der Waals surface area contributed by atoms with Gasteiger partial charge in [0.05, 0.1) is 6.61 Å². The van der Waals surface area contributed by atoms with E-state index in [-0.39, 0.29) is 0 Å². The average Bonchev–Trinajstić information content (AvgIpc) is 3.34. The molecule has 1 aromatic rings. The highest BCUT2D eigenvalue weighted by Crippen LogP contribution is 2.44. The van der Waals surface area contributed by atoms with Crippen LogP contribution in [0.15, 0.2) is 24.3 Å². The summed E-state index contributed by atoms with van der Waals surface area (Å²) in [6.07, 6.45) is 5.70. The molecule has 0 bridgehead atoms. The highest BCUT2D eigenvalue weighted by atomic mass is 16.5. The fourth-order valence-corrected chi connectivity index (χ4v) is 2.82. The van der Waals surface area contributed by atoms with Gasteiger partial charge in [0, 0.05) is 12.6 Å². The molecule has 1 aromatic carbocycles. The average molecular weight is 275 g/mol. The first kappa shape index (κ1) is 13.7. The molecule has 2 aliphatic rings. The summed E-state index contributed by atoms with van der Waals surface area (Å²) in [5, 5.41) is 3.70. The lowest BCUT2D eigenvalue weighted by molar-refractivity contribution is 0.292. The zero-order valence-electron chi connectivity index (χ0n) is 12.3. The molecule has 0 atom stereocenters. The summed E-state index contributed by atoms with van der Waals surface area (Å²) < 4.78 is 11.2. The van der Waals surface area contributed by atoms with Crippen LogP contribution in [0.25, 0.3) is 0 Å². The third-order valence-corrected chi connectivity index (χ3v) is 4.15. The molecule has 20 heavy (non-hydrogen) atoms. The predicted molar refractivity (Wildman–Crippen MR) is 80.3 cm³/mol. The molecule has 0 unspecified atom stereocenters. The number of nitrogens with one attached hydrogen (secondary N) is 1. The van der Waals surface area contributed by atoms with Gasteiger partial charge in [0.2, 0.25) is 0 Å². The molecule has 2 aliphatic carbocycles. The van der Waals surface area contributed by atoms with E-state index in [0.29, 0.717) is 6.61 Å². The second kappa shape index (κ2) is 6.49. The van der Waals surface area contributed by atoms with Crippen molar-refractivity contribution in [2.24, 2.45) is 11.8 Å². The summed E-state index contributed by atoms with van der Waals surface area (Å²) in [6, 6.07) is 8.64. The summed E-state index contributed by atoms with van der Waals surface area (Å²) in [5.41, 5.74) is 0. The van der Waals surface area contributed by atoms with Crippen LogP contribution >= 0.6 is 0 Å². The lowest BCUT2D eigenvalue weighted by atomic mass is 10.1. The smallest absolute Gasteiger partial charge is 0.119 e. The van der Waals surface area contributed by atoms with Crippen LogP contribution in [0.5, 0.6) is 11.5 Å². The van der Waals surface area contributed by atoms with Crippen LogP contribution in [-0.2, 0) is 0 Å². The lowest BCUT2D eigenvalue weighted by Crippen LogP contribution is -2.36. The van der Waals surface area contributed by atoms with Gasteiger partial charge in [-0.25, -0.2) is 0 Å².